The van der Waals surface area contributed by atoms with E-state index in [0.717, 1.165) is 12.8 Å². The van der Waals surface area contributed by atoms with Crippen LogP contribution in [-0.4, -0.2) is 71.7 Å². The number of aliphatic hydroxyl groups excluding tert-OH is 1. The van der Waals surface area contributed by atoms with Gasteiger partial charge in [-0.1, -0.05) is 70.4 Å². The van der Waals surface area contributed by atoms with Crippen LogP contribution in [0, 0.1) is 0 Å². The maximum absolute atomic E-state index is 12.0. The molecule has 1 amide bonds. The van der Waals surface area contributed by atoms with Gasteiger partial charge in [0, 0.05) is 26.1 Å². The van der Waals surface area contributed by atoms with Crippen molar-refractivity contribution in [2.24, 2.45) is 5.73 Å². The normalized spacial score (nSPS) is 10.9. The zero-order valence-electron chi connectivity index (χ0n) is 17.3. The molecule has 0 saturated carbocycles. The van der Waals surface area contributed by atoms with Crippen molar-refractivity contribution >= 4 is 35.5 Å². The summed E-state index contributed by atoms with van der Waals surface area (Å²) in [7, 11) is 0. The van der Waals surface area contributed by atoms with Gasteiger partial charge in [-0.05, 0) is 32.1 Å². The number of unbranched alkanes of at least 4 members (excludes halogenated alkanes) is 11. The molecule has 0 saturated heterocycles. The van der Waals surface area contributed by atoms with Crippen LogP contribution in [0.2, 0.25) is 0 Å². The first-order valence-electron chi connectivity index (χ1n) is 11.0. The second-order valence-electron chi connectivity index (χ2n) is 7.23. The SMILES string of the molecule is CCCCCCCC/C=C\CCCCCCCC(=O)N(CCN)CCO.[NaH]. The third-order valence-corrected chi connectivity index (χ3v) is 4.77. The molecular weight excluding hydrogens is 347 g/mol. The molecule has 0 rings (SSSR count). The number of nitrogens with two attached hydrogens (primary N) is 1. The number of carbonyl (C=O) groups excluding carboxylic acids is 1. The third kappa shape index (κ3) is 20.7. The molecule has 156 valence electrons. The fraction of sp³-hybridized carbons (Fsp3) is 0.864. The fourth-order valence-electron chi connectivity index (χ4n) is 3.14. The van der Waals surface area contributed by atoms with E-state index >= 15 is 0 Å². The zero-order valence-corrected chi connectivity index (χ0v) is 17.3. The van der Waals surface area contributed by atoms with E-state index in [0.29, 0.717) is 26.1 Å². The molecule has 0 unspecified atom stereocenters. The first-order chi connectivity index (χ1) is 12.8. The summed E-state index contributed by atoms with van der Waals surface area (Å²) in [5.41, 5.74) is 5.50. The monoisotopic (exact) mass is 392 g/mol. The van der Waals surface area contributed by atoms with Crippen molar-refractivity contribution in [2.45, 2.75) is 96.8 Å². The molecule has 0 radical (unpaired) electrons. The van der Waals surface area contributed by atoms with Gasteiger partial charge in [0.1, 0.15) is 0 Å². The van der Waals surface area contributed by atoms with Crippen molar-refractivity contribution in [3.05, 3.63) is 12.2 Å². The van der Waals surface area contributed by atoms with Crippen molar-refractivity contribution in [3.8, 4) is 0 Å². The number of nitrogens with zero attached hydrogens (tertiary/aromatic N) is 1. The first-order valence-corrected chi connectivity index (χ1v) is 11.0. The molecule has 4 nitrogen and oxygen atoms in total. The van der Waals surface area contributed by atoms with Gasteiger partial charge in [-0.15, -0.1) is 0 Å². The number of hydrogen-bond donors (Lipinski definition) is 2. The van der Waals surface area contributed by atoms with E-state index in [9.17, 15) is 4.79 Å². The minimum atomic E-state index is 0. The van der Waals surface area contributed by atoms with Gasteiger partial charge in [-0.2, -0.15) is 0 Å². The second kappa shape index (κ2) is 24.2. The summed E-state index contributed by atoms with van der Waals surface area (Å²) in [4.78, 5) is 13.7. The molecule has 0 heterocycles. The Kier molecular flexibility index (Phi) is 26.3. The maximum atomic E-state index is 12.0. The molecular formula is C22H45N2NaO2. The summed E-state index contributed by atoms with van der Waals surface area (Å²) in [5, 5.41) is 8.98. The van der Waals surface area contributed by atoms with Crippen LogP contribution in [0.5, 0.6) is 0 Å². The Hall–Kier alpha value is 0.130. The second-order valence-corrected chi connectivity index (χ2v) is 7.23. The molecule has 0 aromatic heterocycles. The molecule has 0 aliphatic carbocycles. The predicted molar refractivity (Wildman–Crippen MR) is 119 cm³/mol. The quantitative estimate of drug-likeness (QED) is 0.197. The van der Waals surface area contributed by atoms with E-state index < -0.39 is 0 Å². The van der Waals surface area contributed by atoms with Crippen molar-refractivity contribution < 1.29 is 9.90 Å². The van der Waals surface area contributed by atoms with Gasteiger partial charge in [-0.3, -0.25) is 4.79 Å². The number of amides is 1. The number of aliphatic hydroxyl groups is 1. The van der Waals surface area contributed by atoms with Gasteiger partial charge in [0.05, 0.1) is 6.61 Å². The average molecular weight is 393 g/mol. The van der Waals surface area contributed by atoms with Crippen LogP contribution in [0.1, 0.15) is 96.8 Å². The molecule has 0 aliphatic rings. The molecule has 5 heteroatoms. The third-order valence-electron chi connectivity index (χ3n) is 4.77. The van der Waals surface area contributed by atoms with E-state index in [1.54, 1.807) is 4.90 Å². The summed E-state index contributed by atoms with van der Waals surface area (Å²) in [6.45, 7) is 3.68. The first kappa shape index (κ1) is 29.3. The molecule has 0 bridgehead atoms. The van der Waals surface area contributed by atoms with Crippen LogP contribution in [0.4, 0.5) is 0 Å². The molecule has 0 fully saturated rings. The van der Waals surface area contributed by atoms with Gasteiger partial charge < -0.3 is 15.7 Å². The number of rotatable bonds is 19. The minimum absolute atomic E-state index is 0. The Labute approximate surface area is 190 Å². The van der Waals surface area contributed by atoms with Crippen molar-refractivity contribution in [2.75, 3.05) is 26.2 Å². The topological polar surface area (TPSA) is 66.6 Å². The summed E-state index contributed by atoms with van der Waals surface area (Å²) >= 11 is 0. The van der Waals surface area contributed by atoms with Crippen LogP contribution >= 0.6 is 0 Å². The Morgan fingerprint density at radius 3 is 1.89 bits per heavy atom. The van der Waals surface area contributed by atoms with E-state index in [2.05, 4.69) is 19.1 Å². The van der Waals surface area contributed by atoms with Crippen LogP contribution in [-0.2, 0) is 4.79 Å². The molecule has 27 heavy (non-hydrogen) atoms. The van der Waals surface area contributed by atoms with Crippen molar-refractivity contribution in [3.63, 3.8) is 0 Å². The molecule has 0 aromatic rings. The average Bonchev–Trinajstić information content (AvgIpc) is 2.64. The van der Waals surface area contributed by atoms with Gasteiger partial charge in [0.15, 0.2) is 0 Å². The molecule has 3 N–H and O–H groups in total. The summed E-state index contributed by atoms with van der Waals surface area (Å²) in [6, 6.07) is 0. The van der Waals surface area contributed by atoms with Gasteiger partial charge in [0.25, 0.3) is 0 Å². The number of carbonyl (C=O) groups is 1. The van der Waals surface area contributed by atoms with Crippen LogP contribution in [0.3, 0.4) is 0 Å². The summed E-state index contributed by atoms with van der Waals surface area (Å²) in [5.74, 6) is 0.127. The van der Waals surface area contributed by atoms with Crippen LogP contribution < -0.4 is 5.73 Å². The van der Waals surface area contributed by atoms with Crippen molar-refractivity contribution in [1.82, 2.24) is 4.90 Å². The Bertz CT molecular complexity index is 332. The van der Waals surface area contributed by atoms with Gasteiger partial charge >= 0.3 is 29.6 Å². The number of hydrogen-bond acceptors (Lipinski definition) is 3. The zero-order chi connectivity index (χ0) is 19.3. The summed E-state index contributed by atoms with van der Waals surface area (Å²) in [6.07, 6.45) is 21.7. The van der Waals surface area contributed by atoms with Crippen molar-refractivity contribution in [1.29, 1.82) is 0 Å². The summed E-state index contributed by atoms with van der Waals surface area (Å²) < 4.78 is 0. The number of allylic oxidation sites excluding steroid dienone is 2. The van der Waals surface area contributed by atoms with Gasteiger partial charge in [-0.25, -0.2) is 0 Å². The van der Waals surface area contributed by atoms with Crippen LogP contribution in [0.15, 0.2) is 12.2 Å². The molecule has 0 spiro atoms. The predicted octanol–water partition coefficient (Wildman–Crippen LogP) is 4.16. The van der Waals surface area contributed by atoms with E-state index in [1.807, 2.05) is 0 Å². The molecule has 0 aromatic carbocycles. The van der Waals surface area contributed by atoms with Crippen LogP contribution in [0.25, 0.3) is 0 Å². The van der Waals surface area contributed by atoms with Gasteiger partial charge in [0.2, 0.25) is 5.91 Å². The Balaban J connectivity index is 0. The Morgan fingerprint density at radius 1 is 0.852 bits per heavy atom. The van der Waals surface area contributed by atoms with E-state index in [4.69, 9.17) is 10.8 Å². The molecule has 0 atom stereocenters. The van der Waals surface area contributed by atoms with E-state index in [1.165, 1.54) is 70.6 Å². The standard InChI is InChI=1S/C22H44N2O2.Na.H/c1-2-3-4-5-6-7-8-9-10-11-12-13-14-15-16-17-22(26)24(19-18-23)20-21-25;;/h9-10,25H,2-8,11-21,23H2,1H3;;/b10-9-;;. The van der Waals surface area contributed by atoms with E-state index in [-0.39, 0.29) is 42.1 Å². The Morgan fingerprint density at radius 2 is 1.37 bits per heavy atom. The molecule has 0 aliphatic heterocycles. The fourth-order valence-corrected chi connectivity index (χ4v) is 3.14.